The van der Waals surface area contributed by atoms with Crippen molar-refractivity contribution in [3.05, 3.63) is 33.1 Å². The lowest BCUT2D eigenvalue weighted by Gasteiger charge is -2.31. The number of aliphatic hydroxyl groups is 3. The van der Waals surface area contributed by atoms with Crippen LogP contribution >= 0.6 is 0 Å². The number of nitrogens with zero attached hydrogens (tertiary/aromatic N) is 1. The van der Waals surface area contributed by atoms with Crippen LogP contribution in [0.5, 0.6) is 0 Å². The summed E-state index contributed by atoms with van der Waals surface area (Å²) in [6.07, 6.45) is -3.62. The first-order valence-corrected chi connectivity index (χ1v) is 6.39. The molecule has 4 N–H and O–H groups in total. The summed E-state index contributed by atoms with van der Waals surface area (Å²) in [6, 6.07) is 0.987. The van der Waals surface area contributed by atoms with E-state index in [-0.39, 0.29) is 6.42 Å². The zero-order valence-corrected chi connectivity index (χ0v) is 11.2. The van der Waals surface area contributed by atoms with Gasteiger partial charge in [0.25, 0.3) is 5.56 Å². The standard InChI is InChI=1S/C12H16N2O7/c1-2-7(16)12(10(19)9(18)6(5-15)21-12)14-4-3-8(17)13-11(14)20/h3-4,6,9-10,15,18-19H,2,5H2,1H3,(H,13,17,20)/t6-,9-,10-,12-/m1/s1. The highest BCUT2D eigenvalue weighted by atomic mass is 16.6. The van der Waals surface area contributed by atoms with Crippen molar-refractivity contribution < 1.29 is 24.9 Å². The molecular weight excluding hydrogens is 284 g/mol. The van der Waals surface area contributed by atoms with Crippen molar-refractivity contribution in [2.45, 2.75) is 37.4 Å². The Kier molecular flexibility index (Phi) is 4.10. The van der Waals surface area contributed by atoms with E-state index in [1.54, 1.807) is 0 Å². The van der Waals surface area contributed by atoms with Gasteiger partial charge >= 0.3 is 5.69 Å². The molecule has 1 aliphatic rings. The van der Waals surface area contributed by atoms with Crippen molar-refractivity contribution in [1.29, 1.82) is 0 Å². The van der Waals surface area contributed by atoms with Crippen LogP contribution in [0.1, 0.15) is 13.3 Å². The molecule has 1 saturated heterocycles. The van der Waals surface area contributed by atoms with Crippen LogP contribution in [0.3, 0.4) is 0 Å². The van der Waals surface area contributed by atoms with Gasteiger partial charge in [0.1, 0.15) is 18.3 Å². The Balaban J connectivity index is 2.67. The highest BCUT2D eigenvalue weighted by Crippen LogP contribution is 2.36. The lowest BCUT2D eigenvalue weighted by molar-refractivity contribution is -0.175. The fourth-order valence-corrected chi connectivity index (χ4v) is 2.45. The Morgan fingerprint density at radius 2 is 2.14 bits per heavy atom. The second-order valence-corrected chi connectivity index (χ2v) is 4.73. The normalized spacial score (nSPS) is 32.3. The second kappa shape index (κ2) is 5.53. The smallest absolute Gasteiger partial charge is 0.331 e. The first-order valence-electron chi connectivity index (χ1n) is 6.39. The maximum absolute atomic E-state index is 12.3. The van der Waals surface area contributed by atoms with E-state index < -0.39 is 47.7 Å². The number of carbonyl (C=O) groups excluding carboxylic acids is 1. The van der Waals surface area contributed by atoms with Gasteiger partial charge in [0.2, 0.25) is 5.72 Å². The predicted molar refractivity (Wildman–Crippen MR) is 68.6 cm³/mol. The molecule has 0 saturated carbocycles. The van der Waals surface area contributed by atoms with Gasteiger partial charge in [0.15, 0.2) is 5.78 Å². The monoisotopic (exact) mass is 300 g/mol. The lowest BCUT2D eigenvalue weighted by Crippen LogP contribution is -2.56. The maximum atomic E-state index is 12.3. The summed E-state index contributed by atoms with van der Waals surface area (Å²) in [7, 11) is 0. The largest absolute Gasteiger partial charge is 0.394 e. The van der Waals surface area contributed by atoms with Crippen LogP contribution in [0.4, 0.5) is 0 Å². The van der Waals surface area contributed by atoms with E-state index in [4.69, 9.17) is 9.84 Å². The molecule has 0 unspecified atom stereocenters. The van der Waals surface area contributed by atoms with Gasteiger partial charge in [-0.15, -0.1) is 0 Å². The van der Waals surface area contributed by atoms with Crippen molar-refractivity contribution in [3.63, 3.8) is 0 Å². The summed E-state index contributed by atoms with van der Waals surface area (Å²) in [5, 5.41) is 29.2. The number of hydrogen-bond acceptors (Lipinski definition) is 7. The Bertz CT molecular complexity index is 651. The minimum absolute atomic E-state index is 0.0898. The topological polar surface area (TPSA) is 142 Å². The SMILES string of the molecule is CCC(=O)[C@@]1(n2ccc(=O)[nH]c2=O)O[C@H](CO)[C@@H](O)[C@H]1O. The van der Waals surface area contributed by atoms with Crippen LogP contribution in [-0.2, 0) is 15.3 Å². The number of Topliss-reactive ketones (excluding diaryl/α,β-unsaturated/α-hetero) is 1. The molecule has 21 heavy (non-hydrogen) atoms. The fourth-order valence-electron chi connectivity index (χ4n) is 2.45. The van der Waals surface area contributed by atoms with E-state index in [0.29, 0.717) is 0 Å². The first-order chi connectivity index (χ1) is 9.88. The highest BCUT2D eigenvalue weighted by molar-refractivity contribution is 5.86. The number of aromatic amines is 1. The van der Waals surface area contributed by atoms with Gasteiger partial charge in [-0.05, 0) is 0 Å². The Morgan fingerprint density at radius 3 is 2.62 bits per heavy atom. The lowest BCUT2D eigenvalue weighted by atomic mass is 9.96. The van der Waals surface area contributed by atoms with Crippen molar-refractivity contribution in [2.75, 3.05) is 6.61 Å². The molecule has 1 aromatic heterocycles. The third kappa shape index (κ3) is 2.23. The van der Waals surface area contributed by atoms with E-state index in [0.717, 1.165) is 16.8 Å². The molecule has 2 heterocycles. The van der Waals surface area contributed by atoms with Gasteiger partial charge in [-0.3, -0.25) is 19.1 Å². The van der Waals surface area contributed by atoms with E-state index in [9.17, 15) is 24.6 Å². The number of hydrogen-bond donors (Lipinski definition) is 4. The molecule has 0 radical (unpaired) electrons. The number of rotatable bonds is 4. The number of ketones is 1. The molecule has 0 aromatic carbocycles. The summed E-state index contributed by atoms with van der Waals surface area (Å²) in [5.74, 6) is -0.667. The molecular formula is C12H16N2O7. The number of carbonyl (C=O) groups is 1. The number of aliphatic hydroxyl groups excluding tert-OH is 3. The van der Waals surface area contributed by atoms with Gasteiger partial charge in [0, 0.05) is 18.7 Å². The van der Waals surface area contributed by atoms with Crippen molar-refractivity contribution in [1.82, 2.24) is 9.55 Å². The quantitative estimate of drug-likeness (QED) is 0.473. The van der Waals surface area contributed by atoms with Crippen LogP contribution in [0, 0.1) is 0 Å². The average molecular weight is 300 g/mol. The van der Waals surface area contributed by atoms with Gasteiger partial charge < -0.3 is 20.1 Å². The maximum Gasteiger partial charge on any atom is 0.331 e. The van der Waals surface area contributed by atoms with Crippen molar-refractivity contribution in [2.24, 2.45) is 0 Å². The van der Waals surface area contributed by atoms with E-state index >= 15 is 0 Å². The molecule has 9 nitrogen and oxygen atoms in total. The Labute approximate surface area is 118 Å². The zero-order chi connectivity index (χ0) is 15.8. The summed E-state index contributed by atoms with van der Waals surface area (Å²) >= 11 is 0. The summed E-state index contributed by atoms with van der Waals surface area (Å²) in [5.41, 5.74) is -3.82. The third-order valence-electron chi connectivity index (χ3n) is 3.52. The molecule has 0 bridgehead atoms. The molecule has 4 atom stereocenters. The van der Waals surface area contributed by atoms with Crippen molar-refractivity contribution in [3.8, 4) is 0 Å². The first kappa shape index (κ1) is 15.6. The van der Waals surface area contributed by atoms with Gasteiger partial charge in [-0.25, -0.2) is 4.79 Å². The summed E-state index contributed by atoms with van der Waals surface area (Å²) in [4.78, 5) is 37.3. The highest BCUT2D eigenvalue weighted by Gasteiger charge is 2.59. The Morgan fingerprint density at radius 1 is 1.48 bits per heavy atom. The third-order valence-corrected chi connectivity index (χ3v) is 3.52. The van der Waals surface area contributed by atoms with Gasteiger partial charge in [-0.1, -0.05) is 6.92 Å². The van der Waals surface area contributed by atoms with Gasteiger partial charge in [-0.2, -0.15) is 0 Å². The second-order valence-electron chi connectivity index (χ2n) is 4.73. The van der Waals surface area contributed by atoms with Crippen LogP contribution in [0.25, 0.3) is 0 Å². The van der Waals surface area contributed by atoms with Crippen LogP contribution in [0.2, 0.25) is 0 Å². The Hall–Kier alpha value is -1.81. The number of aromatic nitrogens is 2. The molecule has 1 aliphatic heterocycles. The molecule has 0 aliphatic carbocycles. The average Bonchev–Trinajstić information content (AvgIpc) is 2.72. The minimum atomic E-state index is -2.18. The molecule has 116 valence electrons. The molecule has 1 aromatic rings. The molecule has 0 amide bonds. The van der Waals surface area contributed by atoms with Crippen molar-refractivity contribution >= 4 is 5.78 Å². The molecule has 0 spiro atoms. The summed E-state index contributed by atoms with van der Waals surface area (Å²) in [6.45, 7) is 0.852. The number of H-pyrrole nitrogens is 1. The van der Waals surface area contributed by atoms with Crippen LogP contribution < -0.4 is 11.2 Å². The van der Waals surface area contributed by atoms with E-state index in [1.807, 2.05) is 4.98 Å². The predicted octanol–water partition coefficient (Wildman–Crippen LogP) is -2.72. The fraction of sp³-hybridized carbons (Fsp3) is 0.583. The molecule has 2 rings (SSSR count). The zero-order valence-electron chi connectivity index (χ0n) is 11.2. The summed E-state index contributed by atoms with van der Waals surface area (Å²) < 4.78 is 6.05. The molecule has 1 fully saturated rings. The number of ether oxygens (including phenoxy) is 1. The van der Waals surface area contributed by atoms with Crippen LogP contribution in [0.15, 0.2) is 21.9 Å². The van der Waals surface area contributed by atoms with Crippen LogP contribution in [-0.4, -0.2) is 55.6 Å². The molecule has 9 heteroatoms. The number of nitrogens with one attached hydrogen (secondary N) is 1. The van der Waals surface area contributed by atoms with E-state index in [1.165, 1.54) is 6.92 Å². The van der Waals surface area contributed by atoms with Gasteiger partial charge in [0.05, 0.1) is 6.61 Å². The van der Waals surface area contributed by atoms with E-state index in [2.05, 4.69) is 0 Å². The minimum Gasteiger partial charge on any atom is -0.394 e.